The summed E-state index contributed by atoms with van der Waals surface area (Å²) < 4.78 is 43.7. The first-order valence-corrected chi connectivity index (χ1v) is 7.70. The predicted octanol–water partition coefficient (Wildman–Crippen LogP) is 2.69. The molecule has 3 aliphatic heterocycles. The molecule has 3 saturated heterocycles. The van der Waals surface area contributed by atoms with Crippen LogP contribution < -0.4 is 4.90 Å². The van der Waals surface area contributed by atoms with Crippen molar-refractivity contribution < 1.29 is 22.7 Å². The Balaban J connectivity index is 1.69. The number of rotatable bonds is 1. The molecule has 4 rings (SSSR count). The van der Waals surface area contributed by atoms with Crippen LogP contribution in [0, 0.1) is 0 Å². The lowest BCUT2D eigenvalue weighted by atomic mass is 9.88. The van der Waals surface area contributed by atoms with Gasteiger partial charge in [0.25, 0.3) is 0 Å². The number of ether oxygens (including phenoxy) is 1. The van der Waals surface area contributed by atoms with E-state index in [-0.39, 0.29) is 24.0 Å². The van der Waals surface area contributed by atoms with Crippen LogP contribution in [0.25, 0.3) is 0 Å². The molecule has 1 aromatic rings. The van der Waals surface area contributed by atoms with Crippen molar-refractivity contribution in [1.29, 1.82) is 0 Å². The van der Waals surface area contributed by atoms with E-state index in [1.54, 1.807) is 30.6 Å². The second-order valence-electron chi connectivity index (χ2n) is 7.10. The SMILES string of the molecule is CC(C)(C)OC(=O)N1C2CC1CN(c1cc(C(F)(F)F)ncn1)C2. The second-order valence-corrected chi connectivity index (χ2v) is 7.10. The highest BCUT2D eigenvalue weighted by Crippen LogP contribution is 2.36. The fraction of sp³-hybridized carbons (Fsp3) is 0.667. The first kappa shape index (κ1) is 16.8. The number of amides is 1. The highest BCUT2D eigenvalue weighted by molar-refractivity contribution is 5.71. The number of anilines is 1. The van der Waals surface area contributed by atoms with Crippen LogP contribution in [0.5, 0.6) is 0 Å². The Bertz CT molecular complexity index is 632. The number of carbonyl (C=O) groups excluding carboxylic acids is 1. The van der Waals surface area contributed by atoms with Crippen molar-refractivity contribution in [3.8, 4) is 0 Å². The highest BCUT2D eigenvalue weighted by atomic mass is 19.4. The van der Waals surface area contributed by atoms with Crippen molar-refractivity contribution in [3.63, 3.8) is 0 Å². The number of halogens is 3. The maximum absolute atomic E-state index is 12.8. The molecule has 0 aliphatic carbocycles. The van der Waals surface area contributed by atoms with Crippen molar-refractivity contribution >= 4 is 11.9 Å². The molecule has 3 aliphatic rings. The van der Waals surface area contributed by atoms with E-state index >= 15 is 0 Å². The van der Waals surface area contributed by atoms with Gasteiger partial charge in [-0.25, -0.2) is 14.8 Å². The quantitative estimate of drug-likeness (QED) is 0.784. The van der Waals surface area contributed by atoms with Gasteiger partial charge in [-0.05, 0) is 27.2 Å². The lowest BCUT2D eigenvalue weighted by Gasteiger charge is -2.56. The number of nitrogens with zero attached hydrogens (tertiary/aromatic N) is 4. The normalized spacial score (nSPS) is 23.8. The van der Waals surface area contributed by atoms with Crippen LogP contribution in [0.4, 0.5) is 23.8 Å². The van der Waals surface area contributed by atoms with E-state index in [0.717, 1.165) is 18.8 Å². The Kier molecular flexibility index (Phi) is 3.84. The van der Waals surface area contributed by atoms with Crippen LogP contribution in [0.15, 0.2) is 12.4 Å². The summed E-state index contributed by atoms with van der Waals surface area (Å²) in [5.41, 5.74) is -1.54. The van der Waals surface area contributed by atoms with E-state index in [2.05, 4.69) is 9.97 Å². The second kappa shape index (κ2) is 5.49. The largest absolute Gasteiger partial charge is 0.444 e. The molecule has 1 aromatic heterocycles. The van der Waals surface area contributed by atoms with Crippen molar-refractivity contribution in [2.45, 2.75) is 51.1 Å². The lowest BCUT2D eigenvalue weighted by molar-refractivity contribution is -0.141. The monoisotopic (exact) mass is 344 g/mol. The van der Waals surface area contributed by atoms with E-state index in [0.29, 0.717) is 13.1 Å². The predicted molar refractivity (Wildman–Crippen MR) is 79.5 cm³/mol. The number of hydrogen-bond donors (Lipinski definition) is 0. The Morgan fingerprint density at radius 1 is 1.21 bits per heavy atom. The van der Waals surface area contributed by atoms with Crippen molar-refractivity contribution in [3.05, 3.63) is 18.1 Å². The minimum Gasteiger partial charge on any atom is -0.444 e. The molecule has 4 heterocycles. The molecule has 3 fully saturated rings. The summed E-state index contributed by atoms with van der Waals surface area (Å²) in [5, 5.41) is 0. The van der Waals surface area contributed by atoms with Gasteiger partial charge in [0.2, 0.25) is 0 Å². The van der Waals surface area contributed by atoms with Crippen LogP contribution in [-0.4, -0.2) is 51.7 Å². The number of fused-ring (bicyclic) bond motifs is 2. The molecule has 1 amide bonds. The van der Waals surface area contributed by atoms with Crippen molar-refractivity contribution in [2.75, 3.05) is 18.0 Å². The molecule has 0 aromatic carbocycles. The zero-order valence-electron chi connectivity index (χ0n) is 13.7. The van der Waals surface area contributed by atoms with Crippen molar-refractivity contribution in [1.82, 2.24) is 14.9 Å². The van der Waals surface area contributed by atoms with Gasteiger partial charge in [0.1, 0.15) is 23.4 Å². The molecule has 0 radical (unpaired) electrons. The Hall–Kier alpha value is -2.06. The van der Waals surface area contributed by atoms with Crippen LogP contribution in [-0.2, 0) is 10.9 Å². The highest BCUT2D eigenvalue weighted by Gasteiger charge is 2.49. The summed E-state index contributed by atoms with van der Waals surface area (Å²) >= 11 is 0. The fourth-order valence-corrected chi connectivity index (χ4v) is 3.08. The first-order valence-electron chi connectivity index (χ1n) is 7.70. The average Bonchev–Trinajstić information content (AvgIpc) is 2.44. The molecule has 0 spiro atoms. The van der Waals surface area contributed by atoms with Crippen LogP contribution in [0.1, 0.15) is 32.9 Å². The van der Waals surface area contributed by atoms with E-state index in [1.165, 1.54) is 0 Å². The van der Waals surface area contributed by atoms with E-state index in [4.69, 9.17) is 4.74 Å². The van der Waals surface area contributed by atoms with Gasteiger partial charge >= 0.3 is 12.3 Å². The fourth-order valence-electron chi connectivity index (χ4n) is 3.08. The van der Waals surface area contributed by atoms with Gasteiger partial charge in [-0.3, -0.25) is 4.90 Å². The summed E-state index contributed by atoms with van der Waals surface area (Å²) in [6, 6.07) is 0.813. The van der Waals surface area contributed by atoms with Gasteiger partial charge in [-0.1, -0.05) is 0 Å². The number of alkyl halides is 3. The maximum atomic E-state index is 12.8. The molecule has 2 unspecified atom stereocenters. The molecule has 0 saturated carbocycles. The minimum atomic E-state index is -4.50. The topological polar surface area (TPSA) is 58.6 Å². The molecule has 132 valence electrons. The molecular weight excluding hydrogens is 325 g/mol. The summed E-state index contributed by atoms with van der Waals surface area (Å²) in [7, 11) is 0. The molecule has 6 nitrogen and oxygen atoms in total. The Labute approximate surface area is 137 Å². The van der Waals surface area contributed by atoms with Crippen molar-refractivity contribution in [2.24, 2.45) is 0 Å². The molecular formula is C15H19F3N4O2. The molecule has 2 bridgehead atoms. The van der Waals surface area contributed by atoms with Gasteiger partial charge in [0.15, 0.2) is 0 Å². The summed E-state index contributed by atoms with van der Waals surface area (Å²) in [6.45, 7) is 6.26. The number of hydrogen-bond acceptors (Lipinski definition) is 5. The third-order valence-electron chi connectivity index (χ3n) is 4.06. The van der Waals surface area contributed by atoms with Gasteiger partial charge in [0, 0.05) is 19.2 Å². The summed E-state index contributed by atoms with van der Waals surface area (Å²) in [5.74, 6) is 0.232. The van der Waals surface area contributed by atoms with Gasteiger partial charge in [-0.2, -0.15) is 13.2 Å². The Morgan fingerprint density at radius 2 is 1.83 bits per heavy atom. The van der Waals surface area contributed by atoms with E-state index < -0.39 is 17.5 Å². The van der Waals surface area contributed by atoms with Crippen LogP contribution >= 0.6 is 0 Å². The summed E-state index contributed by atoms with van der Waals surface area (Å²) in [6.07, 6.45) is -3.13. The Morgan fingerprint density at radius 3 is 2.38 bits per heavy atom. The standard InChI is InChI=1S/C15H19F3N4O2/c1-14(2,3)24-13(23)22-9-4-10(22)7-21(6-9)12-5-11(15(16,17)18)19-8-20-12/h5,8-10H,4,6-7H2,1-3H3. The van der Waals surface area contributed by atoms with E-state index in [1.807, 2.05) is 0 Å². The van der Waals surface area contributed by atoms with E-state index in [9.17, 15) is 18.0 Å². The molecule has 9 heteroatoms. The van der Waals surface area contributed by atoms with Gasteiger partial charge in [0.05, 0.1) is 12.1 Å². The maximum Gasteiger partial charge on any atom is 0.433 e. The smallest absolute Gasteiger partial charge is 0.433 e. The van der Waals surface area contributed by atoms with Crippen LogP contribution in [0.2, 0.25) is 0 Å². The minimum absolute atomic E-state index is 0.0668. The third kappa shape index (κ3) is 3.25. The zero-order valence-corrected chi connectivity index (χ0v) is 13.7. The number of carbonyl (C=O) groups is 1. The van der Waals surface area contributed by atoms with Gasteiger partial charge in [-0.15, -0.1) is 0 Å². The lowest BCUT2D eigenvalue weighted by Crippen LogP contribution is -2.70. The third-order valence-corrected chi connectivity index (χ3v) is 4.06. The zero-order chi connectivity index (χ0) is 17.7. The molecule has 0 N–H and O–H groups in total. The number of aromatic nitrogens is 2. The van der Waals surface area contributed by atoms with Gasteiger partial charge < -0.3 is 9.64 Å². The number of piperazine rings is 1. The molecule has 2 atom stereocenters. The average molecular weight is 344 g/mol. The number of piperidine rings is 1. The summed E-state index contributed by atoms with van der Waals surface area (Å²) in [4.78, 5) is 22.8. The molecule has 24 heavy (non-hydrogen) atoms. The first-order chi connectivity index (χ1) is 11.0. The van der Waals surface area contributed by atoms with Crippen LogP contribution in [0.3, 0.4) is 0 Å².